The Kier molecular flexibility index (Phi) is 5.29. The smallest absolute Gasteiger partial charge is 0.155 e. The molecule has 0 aliphatic carbocycles. The molecule has 6 aromatic rings. The summed E-state index contributed by atoms with van der Waals surface area (Å²) in [5.74, 6) is 0.719. The van der Waals surface area contributed by atoms with Gasteiger partial charge in [0.2, 0.25) is 0 Å². The summed E-state index contributed by atoms with van der Waals surface area (Å²) in [5.41, 5.74) is 8.08. The number of rotatable bonds is 3. The summed E-state index contributed by atoms with van der Waals surface area (Å²) in [6, 6.07) is 37.6. The van der Waals surface area contributed by atoms with Gasteiger partial charge < -0.3 is 4.42 Å². The second kappa shape index (κ2) is 8.97. The van der Waals surface area contributed by atoms with Crippen LogP contribution in [0.4, 0.5) is 0 Å². The molecule has 0 radical (unpaired) electrons. The third kappa shape index (κ3) is 3.84. The number of nitrogens with zero attached hydrogens (tertiary/aromatic N) is 2. The van der Waals surface area contributed by atoms with Crippen LogP contribution in [0.2, 0.25) is 0 Å². The minimum Gasteiger partial charge on any atom is -0.456 e. The fourth-order valence-corrected chi connectivity index (χ4v) is 5.47. The zero-order chi connectivity index (χ0) is 25.6. The van der Waals surface area contributed by atoms with Gasteiger partial charge >= 0.3 is 0 Å². The lowest BCUT2D eigenvalue weighted by atomic mass is 9.94. The van der Waals surface area contributed by atoms with Crippen molar-refractivity contribution in [2.24, 2.45) is 9.98 Å². The van der Waals surface area contributed by atoms with Crippen molar-refractivity contribution in [3.05, 3.63) is 144 Å². The third-order valence-corrected chi connectivity index (χ3v) is 7.38. The molecule has 0 saturated carbocycles. The summed E-state index contributed by atoms with van der Waals surface area (Å²) >= 11 is 0. The molecule has 1 aliphatic rings. The lowest BCUT2D eigenvalue weighted by Gasteiger charge is -2.15. The zero-order valence-corrected chi connectivity index (χ0v) is 21.2. The normalized spacial score (nSPS) is 16.0. The van der Waals surface area contributed by atoms with Crippen LogP contribution in [-0.4, -0.2) is 11.5 Å². The summed E-state index contributed by atoms with van der Waals surface area (Å²) in [7, 11) is 0. The van der Waals surface area contributed by atoms with E-state index in [-0.39, 0.29) is 6.04 Å². The van der Waals surface area contributed by atoms with Gasteiger partial charge in [-0.25, -0.2) is 4.99 Å². The molecule has 38 heavy (non-hydrogen) atoms. The molecule has 1 atom stereocenters. The van der Waals surface area contributed by atoms with Gasteiger partial charge in [0.1, 0.15) is 11.2 Å². The van der Waals surface area contributed by atoms with Crippen LogP contribution in [0, 0.1) is 6.92 Å². The van der Waals surface area contributed by atoms with E-state index in [2.05, 4.69) is 111 Å². The summed E-state index contributed by atoms with van der Waals surface area (Å²) < 4.78 is 6.37. The van der Waals surface area contributed by atoms with Gasteiger partial charge in [-0.2, -0.15) is 0 Å². The van der Waals surface area contributed by atoms with Crippen molar-refractivity contribution in [3.63, 3.8) is 0 Å². The van der Waals surface area contributed by atoms with Crippen LogP contribution in [0.1, 0.15) is 34.7 Å². The second-order valence-electron chi connectivity index (χ2n) is 9.99. The lowest BCUT2D eigenvalue weighted by Crippen LogP contribution is -2.05. The van der Waals surface area contributed by atoms with Crippen LogP contribution in [0.25, 0.3) is 32.7 Å². The van der Waals surface area contributed by atoms with E-state index < -0.39 is 0 Å². The molecule has 1 unspecified atom stereocenters. The monoisotopic (exact) mass is 490 g/mol. The van der Waals surface area contributed by atoms with Gasteiger partial charge in [-0.3, -0.25) is 4.99 Å². The lowest BCUT2D eigenvalue weighted by molar-refractivity contribution is 0.666. The van der Waals surface area contributed by atoms with Crippen LogP contribution in [0.5, 0.6) is 0 Å². The number of hydrogen-bond acceptors (Lipinski definition) is 3. The Labute approximate surface area is 221 Å². The summed E-state index contributed by atoms with van der Waals surface area (Å²) in [4.78, 5) is 10.4. The molecule has 0 fully saturated rings. The highest BCUT2D eigenvalue weighted by Gasteiger charge is 2.23. The molecule has 0 saturated heterocycles. The SMILES string of the molecule is C=C1CC(c2ccccc2)=NC(c2cc(C)c3oc4cc5ccccc5cc4c3c2)=NC1c1ccccc1. The quantitative estimate of drug-likeness (QED) is 0.228. The molecular formula is C35H26N2O. The van der Waals surface area contributed by atoms with Gasteiger partial charge in [0.25, 0.3) is 0 Å². The largest absolute Gasteiger partial charge is 0.456 e. The van der Waals surface area contributed by atoms with Crippen molar-refractivity contribution in [3.8, 4) is 0 Å². The van der Waals surface area contributed by atoms with E-state index in [1.54, 1.807) is 0 Å². The van der Waals surface area contributed by atoms with Crippen molar-refractivity contribution in [1.29, 1.82) is 0 Å². The molecule has 3 heteroatoms. The van der Waals surface area contributed by atoms with Crippen molar-refractivity contribution in [1.82, 2.24) is 0 Å². The molecule has 0 N–H and O–H groups in total. The molecule has 7 rings (SSSR count). The minimum absolute atomic E-state index is 0.169. The molecule has 182 valence electrons. The van der Waals surface area contributed by atoms with Crippen molar-refractivity contribution in [2.75, 3.05) is 0 Å². The number of aliphatic imine (C=N–C) groups is 2. The van der Waals surface area contributed by atoms with E-state index >= 15 is 0 Å². The molecule has 3 nitrogen and oxygen atoms in total. The number of furan rings is 1. The first kappa shape index (κ1) is 22.4. The number of hydrogen-bond donors (Lipinski definition) is 0. The average molecular weight is 491 g/mol. The van der Waals surface area contributed by atoms with Crippen LogP contribution in [0.3, 0.4) is 0 Å². The molecule has 1 aromatic heterocycles. The molecule has 1 aliphatic heterocycles. The Morgan fingerprint density at radius 2 is 1.42 bits per heavy atom. The predicted molar refractivity (Wildman–Crippen MR) is 158 cm³/mol. The van der Waals surface area contributed by atoms with Crippen molar-refractivity contribution < 1.29 is 4.42 Å². The maximum absolute atomic E-state index is 6.37. The zero-order valence-electron chi connectivity index (χ0n) is 21.2. The highest BCUT2D eigenvalue weighted by molar-refractivity contribution is 6.17. The highest BCUT2D eigenvalue weighted by Crippen LogP contribution is 2.36. The van der Waals surface area contributed by atoms with Gasteiger partial charge in [0.05, 0.1) is 11.8 Å². The van der Waals surface area contributed by atoms with E-state index in [0.29, 0.717) is 6.42 Å². The summed E-state index contributed by atoms with van der Waals surface area (Å²) in [5, 5.41) is 4.56. The van der Waals surface area contributed by atoms with Crippen LogP contribution >= 0.6 is 0 Å². The predicted octanol–water partition coefficient (Wildman–Crippen LogP) is 8.98. The van der Waals surface area contributed by atoms with Crippen LogP contribution in [-0.2, 0) is 0 Å². The summed E-state index contributed by atoms with van der Waals surface area (Å²) in [6.45, 7) is 6.56. The van der Waals surface area contributed by atoms with Gasteiger partial charge in [-0.1, -0.05) is 91.5 Å². The van der Waals surface area contributed by atoms with E-state index in [0.717, 1.165) is 61.3 Å². The van der Waals surface area contributed by atoms with E-state index in [4.69, 9.17) is 14.4 Å². The molecule has 5 aromatic carbocycles. The fraction of sp³-hybridized carbons (Fsp3) is 0.0857. The number of fused-ring (bicyclic) bond motifs is 4. The minimum atomic E-state index is -0.169. The molecule has 2 heterocycles. The molecule has 0 amide bonds. The Hall–Kier alpha value is -4.76. The summed E-state index contributed by atoms with van der Waals surface area (Å²) in [6.07, 6.45) is 0.665. The first-order chi connectivity index (χ1) is 18.6. The second-order valence-corrected chi connectivity index (χ2v) is 9.99. The number of benzene rings is 5. The van der Waals surface area contributed by atoms with E-state index in [1.165, 1.54) is 10.8 Å². The fourth-order valence-electron chi connectivity index (χ4n) is 5.47. The van der Waals surface area contributed by atoms with E-state index in [1.807, 2.05) is 12.1 Å². The maximum Gasteiger partial charge on any atom is 0.155 e. The third-order valence-electron chi connectivity index (χ3n) is 7.38. The van der Waals surface area contributed by atoms with Gasteiger partial charge in [0.15, 0.2) is 5.84 Å². The Balaban J connectivity index is 1.45. The highest BCUT2D eigenvalue weighted by atomic mass is 16.3. The maximum atomic E-state index is 6.37. The van der Waals surface area contributed by atoms with Gasteiger partial charge in [-0.15, -0.1) is 0 Å². The Bertz CT molecular complexity index is 1910. The average Bonchev–Trinajstić information content (AvgIpc) is 3.21. The van der Waals surface area contributed by atoms with Crippen molar-refractivity contribution >= 4 is 44.3 Å². The van der Waals surface area contributed by atoms with Crippen molar-refractivity contribution in [2.45, 2.75) is 19.4 Å². The standard InChI is InChI=1S/C35H26N2O/c1-22-18-31(24-11-5-3-6-12-24)36-35(37-33(22)25-13-7-4-8-14-25)28-17-23(2)34-30(20-28)29-19-26-15-9-10-16-27(26)21-32(29)38-34/h3-17,19-21,33H,1,18H2,2H3. The van der Waals surface area contributed by atoms with Gasteiger partial charge in [0, 0.05) is 22.8 Å². The van der Waals surface area contributed by atoms with E-state index in [9.17, 15) is 0 Å². The topological polar surface area (TPSA) is 37.9 Å². The molecule has 0 bridgehead atoms. The Morgan fingerprint density at radius 1 is 0.737 bits per heavy atom. The van der Waals surface area contributed by atoms with Crippen LogP contribution in [0.15, 0.2) is 136 Å². The molecule has 0 spiro atoms. The number of amidine groups is 1. The first-order valence-corrected chi connectivity index (χ1v) is 12.9. The van der Waals surface area contributed by atoms with Crippen LogP contribution < -0.4 is 0 Å². The number of aryl methyl sites for hydroxylation is 1. The van der Waals surface area contributed by atoms with Gasteiger partial charge in [-0.05, 0) is 64.2 Å². The Morgan fingerprint density at radius 3 is 2.18 bits per heavy atom. The molecular weight excluding hydrogens is 464 g/mol. The first-order valence-electron chi connectivity index (χ1n) is 12.9.